The van der Waals surface area contributed by atoms with E-state index in [1.165, 1.54) is 0 Å². The fourth-order valence-corrected chi connectivity index (χ4v) is 2.37. The van der Waals surface area contributed by atoms with Gasteiger partial charge >= 0.3 is 0 Å². The van der Waals surface area contributed by atoms with Gasteiger partial charge in [-0.1, -0.05) is 0 Å². The molecule has 1 rings (SSSR count). The summed E-state index contributed by atoms with van der Waals surface area (Å²) in [4.78, 5) is 2.38. The zero-order valence-electron chi connectivity index (χ0n) is 11.0. The number of likely N-dealkylation sites (N-methyl/N-ethyl adjacent to an activating group) is 1. The molecule has 1 fully saturated rings. The lowest BCUT2D eigenvalue weighted by atomic mass is 9.93. The summed E-state index contributed by atoms with van der Waals surface area (Å²) in [5, 5.41) is 0. The van der Waals surface area contributed by atoms with Gasteiger partial charge in [0.2, 0.25) is 0 Å². The van der Waals surface area contributed by atoms with Crippen LogP contribution in [0.4, 0.5) is 0 Å². The molecule has 0 aromatic heterocycles. The summed E-state index contributed by atoms with van der Waals surface area (Å²) in [6, 6.07) is 0.477. The second kappa shape index (κ2) is 5.96. The Labute approximate surface area is 99.1 Å². The molecule has 0 saturated carbocycles. The van der Waals surface area contributed by atoms with Crippen LogP contribution < -0.4 is 5.73 Å². The monoisotopic (exact) mass is 230 g/mol. The smallest absolute Gasteiger partial charge is 0.0703 e. The van der Waals surface area contributed by atoms with Crippen molar-refractivity contribution in [3.8, 4) is 0 Å². The fourth-order valence-electron chi connectivity index (χ4n) is 2.37. The van der Waals surface area contributed by atoms with Crippen LogP contribution in [0.1, 0.15) is 26.7 Å². The third-order valence-corrected chi connectivity index (χ3v) is 3.97. The topological polar surface area (TPSA) is 47.7 Å². The van der Waals surface area contributed by atoms with Gasteiger partial charge in [0.05, 0.1) is 6.10 Å². The molecule has 2 N–H and O–H groups in total. The standard InChI is InChI=1S/C12H26N2O2/c1-10-11(5-7-16-10)14(3)12(2,9-13)6-8-15-4/h10-11H,5-9,13H2,1-4H3. The third-order valence-electron chi connectivity index (χ3n) is 3.97. The van der Waals surface area contributed by atoms with Crippen molar-refractivity contribution in [2.45, 2.75) is 44.4 Å². The van der Waals surface area contributed by atoms with E-state index >= 15 is 0 Å². The lowest BCUT2D eigenvalue weighted by Crippen LogP contribution is -2.56. The molecule has 3 atom stereocenters. The number of methoxy groups -OCH3 is 1. The molecule has 0 aliphatic carbocycles. The maximum atomic E-state index is 5.92. The Balaban J connectivity index is 2.63. The van der Waals surface area contributed by atoms with E-state index in [4.69, 9.17) is 15.2 Å². The highest BCUT2D eigenvalue weighted by Gasteiger charge is 2.37. The first-order valence-corrected chi connectivity index (χ1v) is 6.08. The van der Waals surface area contributed by atoms with Gasteiger partial charge < -0.3 is 15.2 Å². The van der Waals surface area contributed by atoms with Crippen LogP contribution in [0.15, 0.2) is 0 Å². The molecule has 1 aliphatic heterocycles. The van der Waals surface area contributed by atoms with E-state index in [2.05, 4.69) is 25.8 Å². The number of nitrogens with two attached hydrogens (primary N) is 1. The molecule has 0 bridgehead atoms. The minimum absolute atomic E-state index is 0.00262. The zero-order chi connectivity index (χ0) is 12.2. The molecule has 0 amide bonds. The Morgan fingerprint density at radius 1 is 1.56 bits per heavy atom. The van der Waals surface area contributed by atoms with Gasteiger partial charge in [0, 0.05) is 38.4 Å². The molecule has 16 heavy (non-hydrogen) atoms. The van der Waals surface area contributed by atoms with Gasteiger partial charge in [-0.2, -0.15) is 0 Å². The predicted molar refractivity (Wildman–Crippen MR) is 65.5 cm³/mol. The third kappa shape index (κ3) is 2.94. The lowest BCUT2D eigenvalue weighted by molar-refractivity contribution is 0.0204. The van der Waals surface area contributed by atoms with Gasteiger partial charge in [0.15, 0.2) is 0 Å². The van der Waals surface area contributed by atoms with Crippen LogP contribution in [-0.4, -0.2) is 56.5 Å². The van der Waals surface area contributed by atoms with Gasteiger partial charge in [-0.15, -0.1) is 0 Å². The van der Waals surface area contributed by atoms with Crippen LogP contribution in [0.2, 0.25) is 0 Å². The van der Waals surface area contributed by atoms with Crippen molar-refractivity contribution in [3.05, 3.63) is 0 Å². The molecule has 4 heteroatoms. The number of hydrogen-bond acceptors (Lipinski definition) is 4. The zero-order valence-corrected chi connectivity index (χ0v) is 11.0. The van der Waals surface area contributed by atoms with Crippen LogP contribution in [-0.2, 0) is 9.47 Å². The number of ether oxygens (including phenoxy) is 2. The Bertz CT molecular complexity index is 213. The van der Waals surface area contributed by atoms with E-state index in [1.54, 1.807) is 7.11 Å². The highest BCUT2D eigenvalue weighted by molar-refractivity contribution is 4.93. The molecule has 0 aromatic rings. The molecule has 1 aliphatic rings. The van der Waals surface area contributed by atoms with Crippen molar-refractivity contribution in [2.75, 3.05) is 33.9 Å². The van der Waals surface area contributed by atoms with E-state index in [0.29, 0.717) is 18.7 Å². The van der Waals surface area contributed by atoms with Gasteiger partial charge in [-0.05, 0) is 33.7 Å². The van der Waals surface area contributed by atoms with Crippen molar-refractivity contribution < 1.29 is 9.47 Å². The highest BCUT2D eigenvalue weighted by Crippen LogP contribution is 2.26. The predicted octanol–water partition coefficient (Wildman–Crippen LogP) is 0.850. The van der Waals surface area contributed by atoms with Gasteiger partial charge in [-0.25, -0.2) is 0 Å². The summed E-state index contributed by atoms with van der Waals surface area (Å²) in [6.45, 7) is 6.61. The molecule has 0 aromatic carbocycles. The van der Waals surface area contributed by atoms with E-state index in [9.17, 15) is 0 Å². The van der Waals surface area contributed by atoms with Crippen molar-refractivity contribution in [1.82, 2.24) is 4.90 Å². The molecule has 0 spiro atoms. The van der Waals surface area contributed by atoms with Gasteiger partial charge in [-0.3, -0.25) is 4.90 Å². The van der Waals surface area contributed by atoms with E-state index in [0.717, 1.165) is 26.1 Å². The quantitative estimate of drug-likeness (QED) is 0.735. The minimum Gasteiger partial charge on any atom is -0.385 e. The summed E-state index contributed by atoms with van der Waals surface area (Å²) >= 11 is 0. The average molecular weight is 230 g/mol. The number of nitrogens with zero attached hydrogens (tertiary/aromatic N) is 1. The maximum absolute atomic E-state index is 5.92. The molecular formula is C12H26N2O2. The van der Waals surface area contributed by atoms with Crippen LogP contribution in [0.3, 0.4) is 0 Å². The number of rotatable bonds is 6. The molecular weight excluding hydrogens is 204 g/mol. The summed E-state index contributed by atoms with van der Waals surface area (Å²) in [7, 11) is 3.89. The Morgan fingerprint density at radius 3 is 2.69 bits per heavy atom. The van der Waals surface area contributed by atoms with Gasteiger partial charge in [0.1, 0.15) is 0 Å². The lowest BCUT2D eigenvalue weighted by Gasteiger charge is -2.42. The second-order valence-corrected chi connectivity index (χ2v) is 4.99. The largest absolute Gasteiger partial charge is 0.385 e. The SMILES string of the molecule is COCCC(C)(CN)N(C)C1CCOC1C. The molecule has 1 heterocycles. The van der Waals surface area contributed by atoms with Crippen molar-refractivity contribution in [1.29, 1.82) is 0 Å². The summed E-state index contributed by atoms with van der Waals surface area (Å²) < 4.78 is 10.8. The Kier molecular flexibility index (Phi) is 5.18. The summed E-state index contributed by atoms with van der Waals surface area (Å²) in [5.41, 5.74) is 5.93. The van der Waals surface area contributed by atoms with Crippen LogP contribution in [0.25, 0.3) is 0 Å². The van der Waals surface area contributed by atoms with Crippen molar-refractivity contribution in [2.24, 2.45) is 5.73 Å². The molecule has 1 saturated heterocycles. The van der Waals surface area contributed by atoms with E-state index in [-0.39, 0.29) is 5.54 Å². The Morgan fingerprint density at radius 2 is 2.25 bits per heavy atom. The molecule has 3 unspecified atom stereocenters. The highest BCUT2D eigenvalue weighted by atomic mass is 16.5. The van der Waals surface area contributed by atoms with Crippen LogP contribution in [0, 0.1) is 0 Å². The Hall–Kier alpha value is -0.160. The first-order valence-electron chi connectivity index (χ1n) is 6.08. The first kappa shape index (κ1) is 13.9. The van der Waals surface area contributed by atoms with Gasteiger partial charge in [0.25, 0.3) is 0 Å². The summed E-state index contributed by atoms with van der Waals surface area (Å²) in [6.07, 6.45) is 2.36. The van der Waals surface area contributed by atoms with Crippen molar-refractivity contribution in [3.63, 3.8) is 0 Å². The normalized spacial score (nSPS) is 29.6. The summed E-state index contributed by atoms with van der Waals surface area (Å²) in [5.74, 6) is 0. The fraction of sp³-hybridized carbons (Fsp3) is 1.00. The average Bonchev–Trinajstić information content (AvgIpc) is 2.71. The molecule has 96 valence electrons. The van der Waals surface area contributed by atoms with E-state index < -0.39 is 0 Å². The first-order chi connectivity index (χ1) is 7.55. The minimum atomic E-state index is 0.00262. The second-order valence-electron chi connectivity index (χ2n) is 4.99. The van der Waals surface area contributed by atoms with Crippen LogP contribution >= 0.6 is 0 Å². The van der Waals surface area contributed by atoms with Crippen molar-refractivity contribution >= 4 is 0 Å². The van der Waals surface area contributed by atoms with E-state index in [1.807, 2.05) is 0 Å². The maximum Gasteiger partial charge on any atom is 0.0703 e. The van der Waals surface area contributed by atoms with Crippen LogP contribution in [0.5, 0.6) is 0 Å². The molecule has 4 nitrogen and oxygen atoms in total. The number of hydrogen-bond donors (Lipinski definition) is 1. The molecule has 0 radical (unpaired) electrons.